The smallest absolute Gasteiger partial charge is 0.748 e. The minimum atomic E-state index is -4.30. The molecule has 0 radical (unpaired) electrons. The van der Waals surface area contributed by atoms with Gasteiger partial charge in [-0.1, -0.05) is 77.5 Å². The Bertz CT molecular complexity index is 601. The summed E-state index contributed by atoms with van der Waals surface area (Å²) in [4.78, 5) is 0. The average Bonchev–Trinajstić information content (AvgIpc) is 2.62. The van der Waals surface area contributed by atoms with Gasteiger partial charge >= 0.3 is 29.6 Å². The zero-order chi connectivity index (χ0) is 20.1. The van der Waals surface area contributed by atoms with Crippen LogP contribution in [0.4, 0.5) is 0 Å². The maximum atomic E-state index is 11.2. The van der Waals surface area contributed by atoms with Crippen molar-refractivity contribution < 1.29 is 47.3 Å². The SMILES string of the molecule is CCCCCCc1cccc(CCCCCC)c1OC(CC)CS(=O)(=O)[O-].[Na+]. The minimum Gasteiger partial charge on any atom is -0.748 e. The van der Waals surface area contributed by atoms with Crippen molar-refractivity contribution in [2.24, 2.45) is 0 Å². The van der Waals surface area contributed by atoms with Crippen LogP contribution in [0.15, 0.2) is 18.2 Å². The van der Waals surface area contributed by atoms with Crippen LogP contribution >= 0.6 is 0 Å². The standard InChI is InChI=1S/C22H38O4S.Na/c1-4-7-9-11-14-19-16-13-17-20(15-12-10-8-5-2)22(19)26-21(6-3)18-27(23,24)25;/h13,16-17,21H,4-12,14-15,18H2,1-3H3,(H,23,24,25);/q;+1/p-1. The Morgan fingerprint density at radius 1 is 0.893 bits per heavy atom. The van der Waals surface area contributed by atoms with E-state index in [0.29, 0.717) is 6.42 Å². The molecule has 0 saturated carbocycles. The fourth-order valence-electron chi connectivity index (χ4n) is 3.30. The first-order valence-electron chi connectivity index (χ1n) is 10.6. The fourth-order valence-corrected chi connectivity index (χ4v) is 4.06. The van der Waals surface area contributed by atoms with Gasteiger partial charge in [0.2, 0.25) is 0 Å². The number of rotatable bonds is 15. The molecule has 0 aliphatic heterocycles. The number of unbranched alkanes of at least 4 members (excludes halogenated alkanes) is 6. The summed E-state index contributed by atoms with van der Waals surface area (Å²) in [7, 11) is -4.30. The predicted molar refractivity (Wildman–Crippen MR) is 111 cm³/mol. The number of hydrogen-bond acceptors (Lipinski definition) is 4. The molecule has 1 aromatic rings. The van der Waals surface area contributed by atoms with Crippen molar-refractivity contribution in [3.8, 4) is 5.75 Å². The van der Waals surface area contributed by atoms with Crippen molar-refractivity contribution in [1.29, 1.82) is 0 Å². The second kappa shape index (κ2) is 15.7. The van der Waals surface area contributed by atoms with Crippen LogP contribution in [-0.4, -0.2) is 24.8 Å². The van der Waals surface area contributed by atoms with Gasteiger partial charge in [-0.2, -0.15) is 0 Å². The molecular formula is C22H37NaO4S. The molecule has 6 heteroatoms. The maximum Gasteiger partial charge on any atom is 1.00 e. The molecule has 0 N–H and O–H groups in total. The van der Waals surface area contributed by atoms with Gasteiger partial charge in [0.05, 0.1) is 15.9 Å². The first kappa shape index (κ1) is 27.9. The van der Waals surface area contributed by atoms with E-state index in [0.717, 1.165) is 42.6 Å². The summed E-state index contributed by atoms with van der Waals surface area (Å²) in [5.74, 6) is 0.351. The van der Waals surface area contributed by atoms with Crippen LogP contribution < -0.4 is 34.3 Å². The molecule has 4 nitrogen and oxygen atoms in total. The second-order valence-electron chi connectivity index (χ2n) is 7.40. The zero-order valence-electron chi connectivity index (χ0n) is 18.3. The van der Waals surface area contributed by atoms with Gasteiger partial charge in [0.25, 0.3) is 0 Å². The number of hydrogen-bond donors (Lipinski definition) is 0. The van der Waals surface area contributed by atoms with Crippen LogP contribution in [0.25, 0.3) is 0 Å². The van der Waals surface area contributed by atoms with Crippen molar-refractivity contribution in [3.05, 3.63) is 29.3 Å². The van der Waals surface area contributed by atoms with E-state index >= 15 is 0 Å². The molecule has 1 atom stereocenters. The summed E-state index contributed by atoms with van der Waals surface area (Å²) in [6.07, 6.45) is 11.2. The number of aryl methyl sites for hydroxylation is 2. The van der Waals surface area contributed by atoms with Crippen LogP contribution in [0, 0.1) is 0 Å². The summed E-state index contributed by atoms with van der Waals surface area (Å²) in [5, 5.41) is 0. The molecule has 0 aromatic heterocycles. The normalized spacial score (nSPS) is 12.4. The molecule has 0 aliphatic rings. The van der Waals surface area contributed by atoms with E-state index in [1.54, 1.807) is 0 Å². The Morgan fingerprint density at radius 2 is 1.39 bits per heavy atom. The molecule has 0 bridgehead atoms. The molecule has 0 heterocycles. The van der Waals surface area contributed by atoms with E-state index in [1.807, 2.05) is 6.92 Å². The van der Waals surface area contributed by atoms with Crippen molar-refractivity contribution in [2.45, 2.75) is 97.5 Å². The number of ether oxygens (including phenoxy) is 1. The molecule has 28 heavy (non-hydrogen) atoms. The van der Waals surface area contributed by atoms with Crippen LogP contribution in [0.1, 0.15) is 89.7 Å². The van der Waals surface area contributed by atoms with Crippen LogP contribution in [0.3, 0.4) is 0 Å². The molecule has 0 spiro atoms. The van der Waals surface area contributed by atoms with Gasteiger partial charge in [0.15, 0.2) is 0 Å². The third kappa shape index (κ3) is 11.8. The second-order valence-corrected chi connectivity index (χ2v) is 8.85. The molecule has 0 amide bonds. The van der Waals surface area contributed by atoms with Gasteiger partial charge in [-0.05, 0) is 43.2 Å². The minimum absolute atomic E-state index is 0. The predicted octanol–water partition coefficient (Wildman–Crippen LogP) is 2.64. The third-order valence-electron chi connectivity index (χ3n) is 4.91. The van der Waals surface area contributed by atoms with E-state index in [2.05, 4.69) is 32.0 Å². The van der Waals surface area contributed by atoms with Gasteiger partial charge < -0.3 is 9.29 Å². The van der Waals surface area contributed by atoms with Crippen LogP contribution in [0.2, 0.25) is 0 Å². The molecule has 1 aromatic carbocycles. The Morgan fingerprint density at radius 3 is 1.79 bits per heavy atom. The van der Waals surface area contributed by atoms with Crippen molar-refractivity contribution in [1.82, 2.24) is 0 Å². The van der Waals surface area contributed by atoms with E-state index in [-0.39, 0.29) is 29.6 Å². The Labute approximate surface area is 194 Å². The van der Waals surface area contributed by atoms with Gasteiger partial charge in [0.1, 0.15) is 11.9 Å². The van der Waals surface area contributed by atoms with Crippen LogP contribution in [0.5, 0.6) is 5.75 Å². The van der Waals surface area contributed by atoms with E-state index in [9.17, 15) is 13.0 Å². The van der Waals surface area contributed by atoms with E-state index < -0.39 is 22.0 Å². The fraction of sp³-hybridized carbons (Fsp3) is 0.727. The van der Waals surface area contributed by atoms with Gasteiger partial charge in [0, 0.05) is 0 Å². The van der Waals surface area contributed by atoms with E-state index in [1.165, 1.54) is 38.5 Å². The molecule has 0 fully saturated rings. The average molecular weight is 421 g/mol. The first-order chi connectivity index (χ1) is 12.9. The number of benzene rings is 1. The largest absolute Gasteiger partial charge is 1.00 e. The van der Waals surface area contributed by atoms with Crippen molar-refractivity contribution >= 4 is 10.1 Å². The first-order valence-corrected chi connectivity index (χ1v) is 12.2. The summed E-state index contributed by atoms with van der Waals surface area (Å²) in [6, 6.07) is 6.23. The monoisotopic (exact) mass is 420 g/mol. The summed E-state index contributed by atoms with van der Waals surface area (Å²) >= 11 is 0. The molecular weight excluding hydrogens is 383 g/mol. The Hall–Kier alpha value is -0.0700. The third-order valence-corrected chi connectivity index (χ3v) is 5.69. The quantitative estimate of drug-likeness (QED) is 0.249. The van der Waals surface area contributed by atoms with E-state index in [4.69, 9.17) is 4.74 Å². The van der Waals surface area contributed by atoms with Gasteiger partial charge in [-0.15, -0.1) is 0 Å². The molecule has 1 unspecified atom stereocenters. The molecule has 156 valence electrons. The van der Waals surface area contributed by atoms with Crippen molar-refractivity contribution in [2.75, 3.05) is 5.75 Å². The molecule has 1 rings (SSSR count). The van der Waals surface area contributed by atoms with Gasteiger partial charge in [-0.3, -0.25) is 0 Å². The summed E-state index contributed by atoms with van der Waals surface area (Å²) < 4.78 is 39.8. The van der Waals surface area contributed by atoms with Gasteiger partial charge in [-0.25, -0.2) is 8.42 Å². The summed E-state index contributed by atoms with van der Waals surface area (Å²) in [6.45, 7) is 6.25. The maximum absolute atomic E-state index is 11.2. The number of para-hydroxylation sites is 1. The molecule has 0 aliphatic carbocycles. The Balaban J connectivity index is 0.00000729. The Kier molecular flexibility index (Phi) is 15.7. The van der Waals surface area contributed by atoms with Crippen LogP contribution in [-0.2, 0) is 23.0 Å². The topological polar surface area (TPSA) is 66.4 Å². The van der Waals surface area contributed by atoms with Crippen molar-refractivity contribution in [3.63, 3.8) is 0 Å². The molecule has 0 saturated heterocycles. The summed E-state index contributed by atoms with van der Waals surface area (Å²) in [5.41, 5.74) is 2.28. The zero-order valence-corrected chi connectivity index (χ0v) is 21.2.